The Kier molecular flexibility index (Phi) is 4.70. The lowest BCUT2D eigenvalue weighted by atomic mass is 10.1. The van der Waals surface area contributed by atoms with Crippen molar-refractivity contribution in [1.82, 2.24) is 10.2 Å². The number of hydrogen-bond acceptors (Lipinski definition) is 4. The third-order valence-electron chi connectivity index (χ3n) is 5.01. The Balaban J connectivity index is 1.71. The van der Waals surface area contributed by atoms with Gasteiger partial charge in [-0.05, 0) is 86.3 Å². The molecule has 0 N–H and O–H groups in total. The van der Waals surface area contributed by atoms with Gasteiger partial charge in [0.1, 0.15) is 11.5 Å². The zero-order valence-corrected chi connectivity index (χ0v) is 16.5. The molecule has 3 aromatic carbocycles. The standard InChI is InChI=1S/C24H22N2O2/c1-15-9-11-19(13-17(15)3)27-23-21-7-5-6-8-22(21)24(26-25-23)28-20-12-10-16(2)18(4)14-20/h5-14H,1-4H3. The van der Waals surface area contributed by atoms with Crippen LogP contribution in [0.25, 0.3) is 10.8 Å². The van der Waals surface area contributed by atoms with Crippen molar-refractivity contribution in [2.75, 3.05) is 0 Å². The van der Waals surface area contributed by atoms with Gasteiger partial charge in [-0.25, -0.2) is 0 Å². The van der Waals surface area contributed by atoms with E-state index in [1.165, 1.54) is 22.3 Å². The van der Waals surface area contributed by atoms with Crippen LogP contribution in [0.2, 0.25) is 0 Å². The van der Waals surface area contributed by atoms with Crippen molar-refractivity contribution < 1.29 is 9.47 Å². The Morgan fingerprint density at radius 1 is 0.536 bits per heavy atom. The summed E-state index contributed by atoms with van der Waals surface area (Å²) in [4.78, 5) is 0. The van der Waals surface area contributed by atoms with E-state index in [1.54, 1.807) is 0 Å². The molecule has 0 fully saturated rings. The molecular formula is C24H22N2O2. The Labute approximate surface area is 164 Å². The molecule has 0 atom stereocenters. The molecule has 4 heteroatoms. The van der Waals surface area contributed by atoms with Crippen molar-refractivity contribution in [3.8, 4) is 23.3 Å². The maximum Gasteiger partial charge on any atom is 0.247 e. The minimum absolute atomic E-state index is 0.464. The van der Waals surface area contributed by atoms with Crippen molar-refractivity contribution in [3.05, 3.63) is 82.9 Å². The van der Waals surface area contributed by atoms with Crippen LogP contribution in [0.4, 0.5) is 0 Å². The lowest BCUT2D eigenvalue weighted by molar-refractivity contribution is 0.436. The van der Waals surface area contributed by atoms with Gasteiger partial charge in [0.25, 0.3) is 0 Å². The lowest BCUT2D eigenvalue weighted by Crippen LogP contribution is -1.97. The molecule has 0 aliphatic carbocycles. The van der Waals surface area contributed by atoms with Gasteiger partial charge in [0.05, 0.1) is 10.8 Å². The molecule has 0 aliphatic heterocycles. The number of fused-ring (bicyclic) bond motifs is 1. The maximum atomic E-state index is 6.04. The first-order chi connectivity index (χ1) is 13.5. The predicted octanol–water partition coefficient (Wildman–Crippen LogP) is 6.45. The molecule has 0 radical (unpaired) electrons. The third kappa shape index (κ3) is 3.54. The van der Waals surface area contributed by atoms with Crippen LogP contribution in [0.15, 0.2) is 60.7 Å². The van der Waals surface area contributed by atoms with E-state index in [2.05, 4.69) is 37.9 Å². The zero-order valence-electron chi connectivity index (χ0n) is 16.5. The van der Waals surface area contributed by atoms with Gasteiger partial charge in [-0.15, -0.1) is 10.2 Å². The number of hydrogen-bond donors (Lipinski definition) is 0. The highest BCUT2D eigenvalue weighted by Gasteiger charge is 2.13. The van der Waals surface area contributed by atoms with Crippen molar-refractivity contribution in [2.24, 2.45) is 0 Å². The van der Waals surface area contributed by atoms with Gasteiger partial charge in [-0.2, -0.15) is 0 Å². The summed E-state index contributed by atoms with van der Waals surface area (Å²) in [6.07, 6.45) is 0. The van der Waals surface area contributed by atoms with Crippen molar-refractivity contribution >= 4 is 10.8 Å². The van der Waals surface area contributed by atoms with E-state index in [0.29, 0.717) is 11.8 Å². The Hall–Kier alpha value is -3.40. The summed E-state index contributed by atoms with van der Waals surface area (Å²) in [5.74, 6) is 2.41. The summed E-state index contributed by atoms with van der Waals surface area (Å²) in [6.45, 7) is 8.28. The fourth-order valence-electron chi connectivity index (χ4n) is 2.98. The zero-order chi connectivity index (χ0) is 19.7. The molecule has 1 aromatic heterocycles. The van der Waals surface area contributed by atoms with Crippen LogP contribution in [-0.4, -0.2) is 10.2 Å². The van der Waals surface area contributed by atoms with Crippen molar-refractivity contribution in [2.45, 2.75) is 27.7 Å². The Bertz CT molecular complexity index is 1080. The average molecular weight is 370 g/mol. The highest BCUT2D eigenvalue weighted by Crippen LogP contribution is 2.34. The van der Waals surface area contributed by atoms with E-state index in [4.69, 9.17) is 9.47 Å². The molecule has 0 aliphatic rings. The van der Waals surface area contributed by atoms with Crippen LogP contribution < -0.4 is 9.47 Å². The quantitative estimate of drug-likeness (QED) is 0.414. The van der Waals surface area contributed by atoms with E-state index >= 15 is 0 Å². The van der Waals surface area contributed by atoms with Gasteiger partial charge < -0.3 is 9.47 Å². The third-order valence-corrected chi connectivity index (χ3v) is 5.01. The number of aryl methyl sites for hydroxylation is 4. The molecule has 28 heavy (non-hydrogen) atoms. The van der Waals surface area contributed by atoms with Crippen molar-refractivity contribution in [1.29, 1.82) is 0 Å². The van der Waals surface area contributed by atoms with E-state index in [9.17, 15) is 0 Å². The molecule has 4 aromatic rings. The summed E-state index contributed by atoms with van der Waals surface area (Å²) in [7, 11) is 0. The fourth-order valence-corrected chi connectivity index (χ4v) is 2.98. The summed E-state index contributed by atoms with van der Waals surface area (Å²) >= 11 is 0. The summed E-state index contributed by atoms with van der Waals surface area (Å²) in [5, 5.41) is 10.3. The fraction of sp³-hybridized carbons (Fsp3) is 0.167. The van der Waals surface area contributed by atoms with Gasteiger partial charge in [0.2, 0.25) is 11.8 Å². The maximum absolute atomic E-state index is 6.04. The van der Waals surface area contributed by atoms with Gasteiger partial charge in [0.15, 0.2) is 0 Å². The van der Waals surface area contributed by atoms with E-state index in [1.807, 2.05) is 60.7 Å². The van der Waals surface area contributed by atoms with Crippen LogP contribution >= 0.6 is 0 Å². The predicted molar refractivity (Wildman–Crippen MR) is 112 cm³/mol. The number of aromatic nitrogens is 2. The number of rotatable bonds is 4. The molecule has 140 valence electrons. The number of ether oxygens (including phenoxy) is 2. The SMILES string of the molecule is Cc1ccc(Oc2nnc(Oc3ccc(C)c(C)c3)c3ccccc23)cc1C. The molecule has 1 heterocycles. The van der Waals surface area contributed by atoms with Gasteiger partial charge >= 0.3 is 0 Å². The normalized spacial score (nSPS) is 10.9. The van der Waals surface area contributed by atoms with Crippen LogP contribution in [0, 0.1) is 27.7 Å². The van der Waals surface area contributed by atoms with Crippen LogP contribution in [0.5, 0.6) is 23.3 Å². The minimum atomic E-state index is 0.464. The first-order valence-electron chi connectivity index (χ1n) is 9.27. The van der Waals surface area contributed by atoms with Crippen LogP contribution in [-0.2, 0) is 0 Å². The molecule has 0 unspecified atom stereocenters. The van der Waals surface area contributed by atoms with Gasteiger partial charge in [-0.3, -0.25) is 0 Å². The number of benzene rings is 3. The molecule has 0 saturated carbocycles. The van der Waals surface area contributed by atoms with E-state index in [-0.39, 0.29) is 0 Å². The second kappa shape index (κ2) is 7.31. The summed E-state index contributed by atoms with van der Waals surface area (Å²) < 4.78 is 12.1. The molecule has 0 amide bonds. The smallest absolute Gasteiger partial charge is 0.247 e. The molecular weight excluding hydrogens is 348 g/mol. The van der Waals surface area contributed by atoms with Crippen molar-refractivity contribution in [3.63, 3.8) is 0 Å². The molecule has 0 saturated heterocycles. The monoisotopic (exact) mass is 370 g/mol. The largest absolute Gasteiger partial charge is 0.437 e. The summed E-state index contributed by atoms with van der Waals surface area (Å²) in [6, 6.07) is 19.8. The topological polar surface area (TPSA) is 44.2 Å². The number of nitrogens with zero attached hydrogens (tertiary/aromatic N) is 2. The average Bonchev–Trinajstić information content (AvgIpc) is 2.69. The molecule has 4 nitrogen and oxygen atoms in total. The summed E-state index contributed by atoms with van der Waals surface area (Å²) in [5.41, 5.74) is 4.79. The first-order valence-corrected chi connectivity index (χ1v) is 9.27. The Morgan fingerprint density at radius 2 is 0.964 bits per heavy atom. The molecule has 4 rings (SSSR count). The van der Waals surface area contributed by atoms with E-state index in [0.717, 1.165) is 22.3 Å². The lowest BCUT2D eigenvalue weighted by Gasteiger charge is -2.12. The highest BCUT2D eigenvalue weighted by molar-refractivity contribution is 5.90. The highest BCUT2D eigenvalue weighted by atomic mass is 16.5. The minimum Gasteiger partial charge on any atom is -0.437 e. The van der Waals surface area contributed by atoms with Crippen LogP contribution in [0.1, 0.15) is 22.3 Å². The Morgan fingerprint density at radius 3 is 1.36 bits per heavy atom. The van der Waals surface area contributed by atoms with Gasteiger partial charge in [-0.1, -0.05) is 24.3 Å². The van der Waals surface area contributed by atoms with Crippen LogP contribution in [0.3, 0.4) is 0 Å². The van der Waals surface area contributed by atoms with E-state index < -0.39 is 0 Å². The second-order valence-electron chi connectivity index (χ2n) is 7.05. The molecule has 0 bridgehead atoms. The van der Waals surface area contributed by atoms with Gasteiger partial charge in [0, 0.05) is 0 Å². The second-order valence-corrected chi connectivity index (χ2v) is 7.05. The first kappa shape index (κ1) is 18.0. The molecule has 0 spiro atoms.